The molecule has 5 rings (SSSR count). The van der Waals surface area contributed by atoms with Gasteiger partial charge in [0.2, 0.25) is 5.95 Å². The van der Waals surface area contributed by atoms with Gasteiger partial charge in [-0.1, -0.05) is 11.6 Å². The molecule has 0 fully saturated rings. The molecular formula is C24H19ClN6O2S. The Balaban J connectivity index is 1.37. The molecule has 0 radical (unpaired) electrons. The van der Waals surface area contributed by atoms with Crippen LogP contribution in [0.4, 0.5) is 16.8 Å². The van der Waals surface area contributed by atoms with Gasteiger partial charge in [0.15, 0.2) is 5.13 Å². The van der Waals surface area contributed by atoms with Crippen molar-refractivity contribution in [1.29, 1.82) is 0 Å². The fraction of sp³-hybridized carbons (Fsp3) is 0.0833. The van der Waals surface area contributed by atoms with Crippen LogP contribution in [0.2, 0.25) is 5.02 Å². The molecular weight excluding hydrogens is 472 g/mol. The number of anilines is 3. The third kappa shape index (κ3) is 4.70. The number of nitrogens with one attached hydrogen (secondary N) is 2. The van der Waals surface area contributed by atoms with E-state index in [9.17, 15) is 4.79 Å². The number of aromatic nitrogens is 4. The van der Waals surface area contributed by atoms with Crippen LogP contribution in [0, 0.1) is 0 Å². The Kier molecular flexibility index (Phi) is 6.11. The van der Waals surface area contributed by atoms with Crippen molar-refractivity contribution in [3.63, 3.8) is 0 Å². The smallest absolute Gasteiger partial charge is 0.276 e. The molecule has 2 N–H and O–H groups in total. The van der Waals surface area contributed by atoms with Gasteiger partial charge in [0.1, 0.15) is 17.2 Å². The fourth-order valence-corrected chi connectivity index (χ4v) is 4.08. The van der Waals surface area contributed by atoms with Crippen LogP contribution in [-0.4, -0.2) is 25.4 Å². The highest BCUT2D eigenvalue weighted by molar-refractivity contribution is 7.13. The van der Waals surface area contributed by atoms with Crippen LogP contribution < -0.4 is 15.4 Å². The summed E-state index contributed by atoms with van der Waals surface area (Å²) in [7, 11) is 0. The van der Waals surface area contributed by atoms with Gasteiger partial charge in [-0.2, -0.15) is 0 Å². The predicted octanol–water partition coefficient (Wildman–Crippen LogP) is 6.35. The van der Waals surface area contributed by atoms with E-state index >= 15 is 0 Å². The highest BCUT2D eigenvalue weighted by atomic mass is 35.5. The van der Waals surface area contributed by atoms with Crippen LogP contribution in [0.15, 0.2) is 72.4 Å². The summed E-state index contributed by atoms with van der Waals surface area (Å²) in [6.07, 6.45) is 3.16. The first-order valence-electron chi connectivity index (χ1n) is 10.5. The topological polar surface area (TPSA) is 94.0 Å². The van der Waals surface area contributed by atoms with Crippen molar-refractivity contribution in [2.75, 3.05) is 10.6 Å². The summed E-state index contributed by atoms with van der Waals surface area (Å²) in [5.74, 6) is 1.47. The first-order chi connectivity index (χ1) is 16.6. The maximum atomic E-state index is 12.4. The van der Waals surface area contributed by atoms with Crippen LogP contribution in [0.3, 0.4) is 0 Å². The summed E-state index contributed by atoms with van der Waals surface area (Å²) in [5.41, 5.74) is 2.89. The number of carbonyl (C=O) groups is 1. The molecule has 34 heavy (non-hydrogen) atoms. The van der Waals surface area contributed by atoms with Gasteiger partial charge in [0.25, 0.3) is 5.91 Å². The summed E-state index contributed by atoms with van der Waals surface area (Å²) in [6.45, 7) is 2.81. The molecule has 0 bridgehead atoms. The highest BCUT2D eigenvalue weighted by Gasteiger charge is 2.13. The number of hydrogen-bond donors (Lipinski definition) is 2. The normalized spacial score (nSPS) is 10.9. The van der Waals surface area contributed by atoms with Gasteiger partial charge in [-0.3, -0.25) is 15.1 Å². The van der Waals surface area contributed by atoms with Crippen molar-refractivity contribution in [3.05, 3.63) is 83.1 Å². The van der Waals surface area contributed by atoms with Crippen LogP contribution in [0.1, 0.15) is 17.4 Å². The van der Waals surface area contributed by atoms with E-state index in [-0.39, 0.29) is 11.6 Å². The lowest BCUT2D eigenvalue weighted by Gasteiger charge is -2.09. The number of benzene rings is 2. The number of carbonyl (C=O) groups excluding carboxylic acids is 1. The average molecular weight is 491 g/mol. The fourth-order valence-electron chi connectivity index (χ4n) is 3.43. The summed E-state index contributed by atoms with van der Waals surface area (Å²) in [5, 5.41) is 9.03. The Morgan fingerprint density at radius 2 is 1.88 bits per heavy atom. The lowest BCUT2D eigenvalue weighted by Crippen LogP contribution is -2.13. The molecule has 5 aromatic rings. The molecule has 10 heteroatoms. The zero-order chi connectivity index (χ0) is 23.5. The zero-order valence-corrected chi connectivity index (χ0v) is 19.6. The van der Waals surface area contributed by atoms with E-state index in [1.807, 2.05) is 42.5 Å². The second kappa shape index (κ2) is 9.50. The molecule has 0 saturated carbocycles. The molecule has 0 aliphatic heterocycles. The first kappa shape index (κ1) is 21.9. The molecule has 8 nitrogen and oxygen atoms in total. The Morgan fingerprint density at radius 3 is 2.65 bits per heavy atom. The molecule has 0 atom stereocenters. The Morgan fingerprint density at radius 1 is 1.06 bits per heavy atom. The minimum atomic E-state index is -0.351. The van der Waals surface area contributed by atoms with E-state index in [1.165, 1.54) is 17.5 Å². The Bertz CT molecular complexity index is 1450. The van der Waals surface area contributed by atoms with Gasteiger partial charge >= 0.3 is 0 Å². The van der Waals surface area contributed by atoms with Gasteiger partial charge in [-0.15, -0.1) is 11.3 Å². The maximum absolute atomic E-state index is 12.4. The van der Waals surface area contributed by atoms with Crippen molar-refractivity contribution in [3.8, 4) is 11.5 Å². The molecule has 0 aliphatic carbocycles. The van der Waals surface area contributed by atoms with Crippen molar-refractivity contribution in [1.82, 2.24) is 19.5 Å². The SMILES string of the molecule is CCn1c(Nc2ccc(Cl)cc2)nc2cc(Oc3ccnc(C(=O)Nc4nccs4)c3)ccc21. The number of imidazole rings is 1. The van der Waals surface area contributed by atoms with Gasteiger partial charge in [-0.05, 0) is 49.4 Å². The van der Waals surface area contributed by atoms with Gasteiger partial charge in [-0.25, -0.2) is 9.97 Å². The second-order valence-electron chi connectivity index (χ2n) is 7.23. The number of aryl methyl sites for hydroxylation is 1. The molecule has 2 aromatic carbocycles. The van der Waals surface area contributed by atoms with E-state index in [4.69, 9.17) is 21.3 Å². The number of nitrogens with zero attached hydrogens (tertiary/aromatic N) is 4. The van der Waals surface area contributed by atoms with Crippen molar-refractivity contribution < 1.29 is 9.53 Å². The second-order valence-corrected chi connectivity index (χ2v) is 8.56. The number of fused-ring (bicyclic) bond motifs is 1. The summed E-state index contributed by atoms with van der Waals surface area (Å²) in [6, 6.07) is 16.5. The maximum Gasteiger partial charge on any atom is 0.276 e. The van der Waals surface area contributed by atoms with E-state index in [1.54, 1.807) is 23.7 Å². The van der Waals surface area contributed by atoms with Crippen LogP contribution in [0.5, 0.6) is 11.5 Å². The monoisotopic (exact) mass is 490 g/mol. The van der Waals surface area contributed by atoms with E-state index in [2.05, 4.69) is 32.1 Å². The summed E-state index contributed by atoms with van der Waals surface area (Å²) >= 11 is 7.33. The minimum Gasteiger partial charge on any atom is -0.457 e. The van der Waals surface area contributed by atoms with E-state index in [0.717, 1.165) is 29.2 Å². The number of halogens is 1. The van der Waals surface area contributed by atoms with Gasteiger partial charge in [0.05, 0.1) is 11.0 Å². The number of thiazole rings is 1. The summed E-state index contributed by atoms with van der Waals surface area (Å²) in [4.78, 5) is 25.4. The lowest BCUT2D eigenvalue weighted by molar-refractivity contribution is 0.102. The molecule has 0 spiro atoms. The summed E-state index contributed by atoms with van der Waals surface area (Å²) < 4.78 is 8.09. The zero-order valence-electron chi connectivity index (χ0n) is 18.0. The molecule has 0 saturated heterocycles. The standard InChI is InChI=1S/C24H19ClN6O2S/c1-2-31-21-8-7-17(13-19(21)29-23(31)28-16-5-3-15(25)4-6-16)33-18-9-10-26-20(14-18)22(32)30-24-27-11-12-34-24/h3-14H,2H2,1H3,(H,28,29)(H,27,30,32). The molecule has 0 aliphatic rings. The van der Waals surface area contributed by atoms with Crippen molar-refractivity contribution in [2.24, 2.45) is 0 Å². The van der Waals surface area contributed by atoms with Crippen LogP contribution >= 0.6 is 22.9 Å². The first-order valence-corrected chi connectivity index (χ1v) is 11.7. The quantitative estimate of drug-likeness (QED) is 0.276. The number of hydrogen-bond acceptors (Lipinski definition) is 7. The van der Waals surface area contributed by atoms with Crippen LogP contribution in [0.25, 0.3) is 11.0 Å². The lowest BCUT2D eigenvalue weighted by atomic mass is 10.3. The van der Waals surface area contributed by atoms with E-state index in [0.29, 0.717) is 21.7 Å². The van der Waals surface area contributed by atoms with Crippen molar-refractivity contribution >= 4 is 56.6 Å². The average Bonchev–Trinajstić information content (AvgIpc) is 3.47. The van der Waals surface area contributed by atoms with Crippen LogP contribution in [-0.2, 0) is 6.54 Å². The predicted molar refractivity (Wildman–Crippen MR) is 135 cm³/mol. The Hall–Kier alpha value is -3.95. The molecule has 3 heterocycles. The van der Waals surface area contributed by atoms with E-state index < -0.39 is 0 Å². The third-order valence-corrected chi connectivity index (χ3v) is 5.93. The largest absolute Gasteiger partial charge is 0.457 e. The Labute approximate surface area is 204 Å². The minimum absolute atomic E-state index is 0.235. The molecule has 170 valence electrons. The van der Waals surface area contributed by atoms with Gasteiger partial charge < -0.3 is 14.6 Å². The number of rotatable bonds is 7. The van der Waals surface area contributed by atoms with Crippen molar-refractivity contribution in [2.45, 2.75) is 13.5 Å². The number of pyridine rings is 1. The third-order valence-electron chi connectivity index (χ3n) is 4.99. The van der Waals surface area contributed by atoms with Gasteiger partial charge in [0, 0.05) is 47.2 Å². The highest BCUT2D eigenvalue weighted by Crippen LogP contribution is 2.29. The number of ether oxygens (including phenoxy) is 1. The molecule has 3 aromatic heterocycles. The molecule has 1 amide bonds. The number of amides is 1. The molecule has 0 unspecified atom stereocenters.